The fraction of sp³-hybridized carbons (Fsp3) is 0.300. The van der Waals surface area contributed by atoms with Crippen molar-refractivity contribution in [2.24, 2.45) is 0 Å². The van der Waals surface area contributed by atoms with Gasteiger partial charge in [0.15, 0.2) is 10.8 Å². The lowest BCUT2D eigenvalue weighted by Gasteiger charge is -2.13. The highest BCUT2D eigenvalue weighted by Crippen LogP contribution is 2.23. The molecule has 1 N–H and O–H groups in total. The zero-order chi connectivity index (χ0) is 19.6. The van der Waals surface area contributed by atoms with E-state index in [4.69, 9.17) is 0 Å². The van der Waals surface area contributed by atoms with Gasteiger partial charge in [0.1, 0.15) is 0 Å². The van der Waals surface area contributed by atoms with Gasteiger partial charge in [-0.05, 0) is 51.0 Å². The van der Waals surface area contributed by atoms with Crippen LogP contribution in [0, 0.1) is 20.8 Å². The third-order valence-corrected chi connectivity index (χ3v) is 5.26. The third kappa shape index (κ3) is 4.03. The van der Waals surface area contributed by atoms with Gasteiger partial charge in [0, 0.05) is 18.4 Å². The van der Waals surface area contributed by atoms with Crippen LogP contribution in [0.1, 0.15) is 23.6 Å². The van der Waals surface area contributed by atoms with Crippen LogP contribution >= 0.6 is 11.8 Å². The molecule has 3 rings (SSSR count). The molecular formula is C20H22N4O2S. The highest BCUT2D eigenvalue weighted by molar-refractivity contribution is 7.99. The number of thioether (sulfide) groups is 1. The van der Waals surface area contributed by atoms with E-state index in [2.05, 4.69) is 15.3 Å². The molecule has 27 heavy (non-hydrogen) atoms. The number of nitrogens with one attached hydrogen (secondary N) is 1. The summed E-state index contributed by atoms with van der Waals surface area (Å²) in [6.07, 6.45) is 1.61. The molecule has 140 valence electrons. The summed E-state index contributed by atoms with van der Waals surface area (Å²) in [5.41, 5.74) is 4.34. The Balaban J connectivity index is 1.81. The number of fused-ring (bicyclic) bond motifs is 1. The van der Waals surface area contributed by atoms with Gasteiger partial charge < -0.3 is 5.32 Å². The average molecular weight is 382 g/mol. The number of amides is 1. The maximum Gasteiger partial charge on any atom is 0.263 e. The summed E-state index contributed by atoms with van der Waals surface area (Å²) in [4.78, 5) is 33.7. The molecule has 0 saturated heterocycles. The molecule has 1 amide bonds. The number of rotatable bonds is 5. The third-order valence-electron chi connectivity index (χ3n) is 4.28. The van der Waals surface area contributed by atoms with Crippen molar-refractivity contribution in [1.82, 2.24) is 14.5 Å². The molecule has 0 bridgehead atoms. The summed E-state index contributed by atoms with van der Waals surface area (Å²) in [5.74, 6) is 0.0328. The van der Waals surface area contributed by atoms with Crippen molar-refractivity contribution in [3.63, 3.8) is 0 Å². The minimum Gasteiger partial charge on any atom is -0.325 e. The number of pyridine rings is 1. The Labute approximate surface area is 162 Å². The summed E-state index contributed by atoms with van der Waals surface area (Å²) in [7, 11) is 0. The largest absolute Gasteiger partial charge is 0.325 e. The van der Waals surface area contributed by atoms with E-state index in [1.165, 1.54) is 11.8 Å². The Hall–Kier alpha value is -2.67. The summed E-state index contributed by atoms with van der Waals surface area (Å²) >= 11 is 1.24. The number of carbonyl (C=O) groups is 1. The molecule has 0 atom stereocenters. The van der Waals surface area contributed by atoms with E-state index >= 15 is 0 Å². The summed E-state index contributed by atoms with van der Waals surface area (Å²) < 4.78 is 1.57. The lowest BCUT2D eigenvalue weighted by molar-refractivity contribution is -0.113. The lowest BCUT2D eigenvalue weighted by Crippen LogP contribution is -2.24. The predicted molar refractivity (Wildman–Crippen MR) is 109 cm³/mol. The van der Waals surface area contributed by atoms with E-state index in [0.29, 0.717) is 22.7 Å². The van der Waals surface area contributed by atoms with Crippen molar-refractivity contribution in [1.29, 1.82) is 0 Å². The highest BCUT2D eigenvalue weighted by atomic mass is 32.2. The smallest absolute Gasteiger partial charge is 0.263 e. The first-order valence-corrected chi connectivity index (χ1v) is 9.75. The van der Waals surface area contributed by atoms with Crippen molar-refractivity contribution < 1.29 is 4.79 Å². The molecule has 7 heteroatoms. The zero-order valence-electron chi connectivity index (χ0n) is 15.9. The van der Waals surface area contributed by atoms with Crippen molar-refractivity contribution in [3.05, 3.63) is 57.5 Å². The number of benzene rings is 1. The molecule has 0 radical (unpaired) electrons. The van der Waals surface area contributed by atoms with Crippen molar-refractivity contribution >= 4 is 34.4 Å². The fourth-order valence-electron chi connectivity index (χ4n) is 3.11. The topological polar surface area (TPSA) is 76.9 Å². The van der Waals surface area contributed by atoms with E-state index in [1.54, 1.807) is 22.9 Å². The van der Waals surface area contributed by atoms with E-state index in [9.17, 15) is 9.59 Å². The highest BCUT2D eigenvalue weighted by Gasteiger charge is 2.14. The second-order valence-electron chi connectivity index (χ2n) is 6.43. The van der Waals surface area contributed by atoms with Crippen LogP contribution in [0.15, 0.2) is 40.4 Å². The molecule has 0 aliphatic carbocycles. The van der Waals surface area contributed by atoms with Crippen LogP contribution in [0.3, 0.4) is 0 Å². The molecule has 0 spiro atoms. The first-order valence-electron chi connectivity index (χ1n) is 8.76. The molecular weight excluding hydrogens is 360 g/mol. The number of carbonyl (C=O) groups excluding carboxylic acids is 1. The maximum absolute atomic E-state index is 12.6. The van der Waals surface area contributed by atoms with Crippen molar-refractivity contribution in [3.8, 4) is 0 Å². The Bertz CT molecular complexity index is 1050. The van der Waals surface area contributed by atoms with Crippen LogP contribution in [-0.2, 0) is 11.3 Å². The molecule has 0 aliphatic heterocycles. The fourth-order valence-corrected chi connectivity index (χ4v) is 3.96. The average Bonchev–Trinajstić information content (AvgIpc) is 2.63. The van der Waals surface area contributed by atoms with Crippen molar-refractivity contribution in [2.45, 2.75) is 39.4 Å². The first-order chi connectivity index (χ1) is 12.9. The van der Waals surface area contributed by atoms with E-state index in [1.807, 2.05) is 39.8 Å². The Morgan fingerprint density at radius 2 is 1.93 bits per heavy atom. The minimum atomic E-state index is -0.135. The van der Waals surface area contributed by atoms with Gasteiger partial charge >= 0.3 is 0 Å². The van der Waals surface area contributed by atoms with E-state index in [0.717, 1.165) is 22.4 Å². The summed E-state index contributed by atoms with van der Waals surface area (Å²) in [6.45, 7) is 8.36. The molecule has 3 aromatic rings. The van der Waals surface area contributed by atoms with Gasteiger partial charge in [-0.25, -0.2) is 9.97 Å². The lowest BCUT2D eigenvalue weighted by atomic mass is 10.1. The number of hydrogen-bond donors (Lipinski definition) is 1. The van der Waals surface area contributed by atoms with Crippen LogP contribution < -0.4 is 10.9 Å². The van der Waals surface area contributed by atoms with Crippen LogP contribution in [0.4, 0.5) is 5.69 Å². The normalized spacial score (nSPS) is 11.0. The summed E-state index contributed by atoms with van der Waals surface area (Å²) in [6, 6.07) is 7.52. The summed E-state index contributed by atoms with van der Waals surface area (Å²) in [5, 5.41) is 3.96. The Kier molecular flexibility index (Phi) is 5.60. The Morgan fingerprint density at radius 1 is 1.22 bits per heavy atom. The molecule has 0 fully saturated rings. The van der Waals surface area contributed by atoms with Gasteiger partial charge in [-0.2, -0.15) is 0 Å². The first kappa shape index (κ1) is 19.1. The van der Waals surface area contributed by atoms with Gasteiger partial charge in [-0.15, -0.1) is 0 Å². The van der Waals surface area contributed by atoms with Crippen molar-refractivity contribution in [2.75, 3.05) is 11.1 Å². The van der Waals surface area contributed by atoms with Gasteiger partial charge in [-0.3, -0.25) is 14.2 Å². The number of aryl methyl sites for hydroxylation is 3. The van der Waals surface area contributed by atoms with Gasteiger partial charge in [-0.1, -0.05) is 29.5 Å². The van der Waals surface area contributed by atoms with E-state index in [-0.39, 0.29) is 17.2 Å². The predicted octanol–water partition coefficient (Wildman–Crippen LogP) is 3.47. The van der Waals surface area contributed by atoms with Crippen LogP contribution in [0.5, 0.6) is 0 Å². The van der Waals surface area contributed by atoms with Crippen LogP contribution in [-0.4, -0.2) is 26.2 Å². The van der Waals surface area contributed by atoms with Crippen LogP contribution in [0.2, 0.25) is 0 Å². The standard InChI is InChI=1S/C20H22N4O2S/c1-5-24-19(26)15-7-6-8-21-18(15)23-20(24)27-11-16(25)22-17-13(3)9-12(2)10-14(17)4/h6-10H,5,11H2,1-4H3,(H,22,25). The second kappa shape index (κ2) is 7.92. The van der Waals surface area contributed by atoms with Gasteiger partial charge in [0.05, 0.1) is 11.1 Å². The maximum atomic E-state index is 12.6. The van der Waals surface area contributed by atoms with Gasteiger partial charge in [0.25, 0.3) is 5.56 Å². The number of anilines is 1. The minimum absolute atomic E-state index is 0.131. The van der Waals surface area contributed by atoms with Gasteiger partial charge in [0.2, 0.25) is 5.91 Å². The molecule has 2 aromatic heterocycles. The molecule has 0 unspecified atom stereocenters. The second-order valence-corrected chi connectivity index (χ2v) is 7.37. The Morgan fingerprint density at radius 3 is 2.59 bits per heavy atom. The molecule has 2 heterocycles. The monoisotopic (exact) mass is 382 g/mol. The zero-order valence-corrected chi connectivity index (χ0v) is 16.7. The number of nitrogens with zero attached hydrogens (tertiary/aromatic N) is 3. The number of hydrogen-bond acceptors (Lipinski definition) is 5. The van der Waals surface area contributed by atoms with Crippen LogP contribution in [0.25, 0.3) is 11.0 Å². The molecule has 1 aromatic carbocycles. The van der Waals surface area contributed by atoms with E-state index < -0.39 is 0 Å². The SMILES string of the molecule is CCn1c(SCC(=O)Nc2c(C)cc(C)cc2C)nc2ncccc2c1=O. The quantitative estimate of drug-likeness (QED) is 0.540. The molecule has 6 nitrogen and oxygen atoms in total. The molecule has 0 aliphatic rings. The molecule has 0 saturated carbocycles. The number of aromatic nitrogens is 3.